The van der Waals surface area contributed by atoms with Crippen molar-refractivity contribution in [3.63, 3.8) is 0 Å². The maximum atomic E-state index is 12.9. The number of hydrogen-bond acceptors (Lipinski definition) is 4. The van der Waals surface area contributed by atoms with Crippen molar-refractivity contribution in [2.75, 3.05) is 37.6 Å². The molecule has 3 aromatic rings. The van der Waals surface area contributed by atoms with Gasteiger partial charge in [0.2, 0.25) is 0 Å². The van der Waals surface area contributed by atoms with E-state index in [4.69, 9.17) is 11.6 Å². The summed E-state index contributed by atoms with van der Waals surface area (Å²) in [6.07, 6.45) is 2.55. The van der Waals surface area contributed by atoms with Crippen LogP contribution in [0.15, 0.2) is 47.4 Å². The molecule has 1 aliphatic heterocycles. The van der Waals surface area contributed by atoms with E-state index < -0.39 is 0 Å². The van der Waals surface area contributed by atoms with E-state index in [1.54, 1.807) is 4.40 Å². The van der Waals surface area contributed by atoms with Crippen LogP contribution >= 0.6 is 36.4 Å². The fraction of sp³-hybridized carbons (Fsp3) is 0.364. The van der Waals surface area contributed by atoms with Gasteiger partial charge in [0.15, 0.2) is 0 Å². The van der Waals surface area contributed by atoms with Crippen molar-refractivity contribution in [2.45, 2.75) is 20.3 Å². The monoisotopic (exact) mass is 468 g/mol. The summed E-state index contributed by atoms with van der Waals surface area (Å²) in [5.74, 6) is 0. The zero-order valence-electron chi connectivity index (χ0n) is 17.2. The molecule has 3 heterocycles. The van der Waals surface area contributed by atoms with Gasteiger partial charge in [-0.25, -0.2) is 4.98 Å². The molecular formula is C22H27Cl3N4O. The predicted molar refractivity (Wildman–Crippen MR) is 129 cm³/mol. The van der Waals surface area contributed by atoms with Crippen molar-refractivity contribution >= 4 is 47.7 Å². The lowest BCUT2D eigenvalue weighted by molar-refractivity contribution is 0.260. The number of rotatable bonds is 4. The third-order valence-corrected chi connectivity index (χ3v) is 5.74. The van der Waals surface area contributed by atoms with E-state index >= 15 is 0 Å². The van der Waals surface area contributed by atoms with E-state index in [9.17, 15) is 4.79 Å². The van der Waals surface area contributed by atoms with Gasteiger partial charge in [-0.05, 0) is 56.2 Å². The lowest BCUT2D eigenvalue weighted by Crippen LogP contribution is -2.47. The summed E-state index contributed by atoms with van der Waals surface area (Å²) < 4.78 is 1.66. The summed E-state index contributed by atoms with van der Waals surface area (Å²) in [6.45, 7) is 8.72. The van der Waals surface area contributed by atoms with Gasteiger partial charge in [0.25, 0.3) is 5.56 Å². The predicted octanol–water partition coefficient (Wildman–Crippen LogP) is 4.17. The molecule has 30 heavy (non-hydrogen) atoms. The first kappa shape index (κ1) is 24.5. The summed E-state index contributed by atoms with van der Waals surface area (Å²) in [5, 5.41) is 0.773. The highest BCUT2D eigenvalue weighted by Gasteiger charge is 2.18. The van der Waals surface area contributed by atoms with Crippen molar-refractivity contribution in [3.05, 3.63) is 74.8 Å². The molecule has 0 spiro atoms. The van der Waals surface area contributed by atoms with Crippen molar-refractivity contribution in [3.8, 4) is 0 Å². The van der Waals surface area contributed by atoms with Gasteiger partial charge >= 0.3 is 0 Å². The molecule has 0 bridgehead atoms. The number of nitrogens with zero attached hydrogens (tertiary/aromatic N) is 4. The highest BCUT2D eigenvalue weighted by Crippen LogP contribution is 2.20. The van der Waals surface area contributed by atoms with Crippen molar-refractivity contribution in [1.82, 2.24) is 14.3 Å². The molecule has 0 atom stereocenters. The Kier molecular flexibility index (Phi) is 8.56. The molecule has 0 amide bonds. The number of anilines is 1. The van der Waals surface area contributed by atoms with Crippen LogP contribution in [0.3, 0.4) is 0 Å². The molecule has 1 saturated heterocycles. The second-order valence-electron chi connectivity index (χ2n) is 7.47. The quantitative estimate of drug-likeness (QED) is 0.575. The van der Waals surface area contributed by atoms with Gasteiger partial charge in [0.1, 0.15) is 5.65 Å². The van der Waals surface area contributed by atoms with Crippen LogP contribution in [0.2, 0.25) is 5.02 Å². The Labute approximate surface area is 194 Å². The summed E-state index contributed by atoms with van der Waals surface area (Å²) in [4.78, 5) is 22.3. The van der Waals surface area contributed by atoms with Crippen molar-refractivity contribution in [1.29, 1.82) is 0 Å². The van der Waals surface area contributed by atoms with Gasteiger partial charge in [0.05, 0.1) is 0 Å². The second-order valence-corrected chi connectivity index (χ2v) is 7.91. The molecule has 1 aliphatic rings. The Balaban J connectivity index is 0.00000160. The van der Waals surface area contributed by atoms with E-state index in [1.165, 1.54) is 5.69 Å². The van der Waals surface area contributed by atoms with Crippen LogP contribution in [0.25, 0.3) is 5.65 Å². The van der Waals surface area contributed by atoms with Gasteiger partial charge < -0.3 is 4.90 Å². The average molecular weight is 470 g/mol. The largest absolute Gasteiger partial charge is 0.369 e. The molecule has 1 aromatic carbocycles. The first-order valence-corrected chi connectivity index (χ1v) is 10.1. The maximum absolute atomic E-state index is 12.9. The molecule has 162 valence electrons. The van der Waals surface area contributed by atoms with E-state index in [-0.39, 0.29) is 30.4 Å². The molecule has 0 aliphatic carbocycles. The summed E-state index contributed by atoms with van der Waals surface area (Å²) in [5.41, 5.74) is 4.72. The van der Waals surface area contributed by atoms with Crippen LogP contribution < -0.4 is 10.5 Å². The SMILES string of the molecule is Cc1ccn2c(=O)c(CCN3CCN(c4cccc(Cl)c4)CC3)c(C)nc2c1.Cl.Cl. The Bertz CT molecular complexity index is 1060. The summed E-state index contributed by atoms with van der Waals surface area (Å²) in [6, 6.07) is 11.9. The zero-order chi connectivity index (χ0) is 19.7. The number of benzene rings is 1. The third-order valence-electron chi connectivity index (χ3n) is 5.51. The summed E-state index contributed by atoms with van der Waals surface area (Å²) in [7, 11) is 0. The van der Waals surface area contributed by atoms with Crippen molar-refractivity contribution in [2.24, 2.45) is 0 Å². The van der Waals surface area contributed by atoms with Crippen LogP contribution in [-0.4, -0.2) is 47.0 Å². The molecule has 0 radical (unpaired) electrons. The fourth-order valence-corrected chi connectivity index (χ4v) is 4.03. The minimum absolute atomic E-state index is 0. The third kappa shape index (κ3) is 5.27. The van der Waals surface area contributed by atoms with Crippen LogP contribution in [0, 0.1) is 13.8 Å². The first-order valence-electron chi connectivity index (χ1n) is 9.72. The normalized spacial score (nSPS) is 14.3. The second kappa shape index (κ2) is 10.5. The Hall–Kier alpha value is -1.79. The van der Waals surface area contributed by atoms with Crippen LogP contribution in [0.5, 0.6) is 0 Å². The van der Waals surface area contributed by atoms with Gasteiger partial charge in [-0.3, -0.25) is 14.1 Å². The minimum atomic E-state index is 0. The molecule has 2 aromatic heterocycles. The van der Waals surface area contributed by atoms with Crippen molar-refractivity contribution < 1.29 is 0 Å². The lowest BCUT2D eigenvalue weighted by Gasteiger charge is -2.36. The van der Waals surface area contributed by atoms with E-state index in [1.807, 2.05) is 50.4 Å². The van der Waals surface area contributed by atoms with Gasteiger partial charge in [-0.1, -0.05) is 17.7 Å². The smallest absolute Gasteiger partial charge is 0.261 e. The van der Waals surface area contributed by atoms with Gasteiger partial charge in [-0.15, -0.1) is 24.8 Å². The molecule has 8 heteroatoms. The summed E-state index contributed by atoms with van der Waals surface area (Å²) >= 11 is 6.12. The number of fused-ring (bicyclic) bond motifs is 1. The van der Waals surface area contributed by atoms with Crippen LogP contribution in [-0.2, 0) is 6.42 Å². The lowest BCUT2D eigenvalue weighted by atomic mass is 10.1. The number of hydrogen-bond donors (Lipinski definition) is 0. The molecule has 5 nitrogen and oxygen atoms in total. The number of pyridine rings is 1. The number of piperazine rings is 1. The first-order chi connectivity index (χ1) is 13.5. The Morgan fingerprint density at radius 1 is 1.03 bits per heavy atom. The average Bonchev–Trinajstić information content (AvgIpc) is 2.68. The molecule has 0 N–H and O–H groups in total. The minimum Gasteiger partial charge on any atom is -0.369 e. The topological polar surface area (TPSA) is 40.9 Å². The van der Waals surface area contributed by atoms with E-state index in [0.29, 0.717) is 0 Å². The van der Waals surface area contributed by atoms with E-state index in [0.717, 1.165) is 66.6 Å². The number of aromatic nitrogens is 2. The molecule has 4 rings (SSSR count). The number of aryl methyl sites for hydroxylation is 2. The maximum Gasteiger partial charge on any atom is 0.261 e. The standard InChI is InChI=1S/C22H25ClN4O.2ClH/c1-16-6-9-27-21(14-16)24-17(2)20(22(27)28)7-8-25-10-12-26(13-11-25)19-5-3-4-18(23)15-19;;/h3-6,9,14-15H,7-8,10-13H2,1-2H3;2*1H. The van der Waals surface area contributed by atoms with Gasteiger partial charge in [-0.2, -0.15) is 0 Å². The fourth-order valence-electron chi connectivity index (χ4n) is 3.85. The highest BCUT2D eigenvalue weighted by molar-refractivity contribution is 6.30. The van der Waals surface area contributed by atoms with E-state index in [2.05, 4.69) is 20.9 Å². The molecule has 1 fully saturated rings. The molecular weight excluding hydrogens is 443 g/mol. The molecule has 0 unspecified atom stereocenters. The highest BCUT2D eigenvalue weighted by atomic mass is 35.5. The molecule has 0 saturated carbocycles. The zero-order valence-corrected chi connectivity index (χ0v) is 19.6. The van der Waals surface area contributed by atoms with Gasteiger partial charge in [0, 0.05) is 60.9 Å². The Morgan fingerprint density at radius 2 is 1.77 bits per heavy atom. The number of halogens is 3. The van der Waals surface area contributed by atoms with Crippen LogP contribution in [0.4, 0.5) is 5.69 Å². The van der Waals surface area contributed by atoms with Crippen LogP contribution in [0.1, 0.15) is 16.8 Å². The Morgan fingerprint density at radius 3 is 2.47 bits per heavy atom.